The number of aliphatic hydroxyl groups is 1. The monoisotopic (exact) mass is 379 g/mol. The van der Waals surface area contributed by atoms with Crippen molar-refractivity contribution in [2.75, 3.05) is 0 Å². The number of ketones is 1. The third-order valence-corrected chi connectivity index (χ3v) is 5.30. The van der Waals surface area contributed by atoms with Gasteiger partial charge in [-0.3, -0.25) is 4.79 Å². The summed E-state index contributed by atoms with van der Waals surface area (Å²) < 4.78 is 5.50. The second-order valence-corrected chi connectivity index (χ2v) is 7.69. The Morgan fingerprint density at radius 2 is 1.72 bits per heavy atom. The lowest BCUT2D eigenvalue weighted by Gasteiger charge is -2.37. The number of hydrogen-bond donors (Lipinski definition) is 1. The highest BCUT2D eigenvalue weighted by Crippen LogP contribution is 2.48. The van der Waals surface area contributed by atoms with Crippen LogP contribution < -0.4 is 0 Å². The molecule has 1 unspecified atom stereocenters. The highest BCUT2D eigenvalue weighted by molar-refractivity contribution is 6.39. The molecule has 0 amide bonds. The van der Waals surface area contributed by atoms with E-state index < -0.39 is 5.60 Å². The van der Waals surface area contributed by atoms with Gasteiger partial charge in [0.25, 0.3) is 0 Å². The quantitative estimate of drug-likeness (QED) is 0.788. The normalized spacial score (nSPS) is 20.2. The Kier molecular flexibility index (Phi) is 4.56. The maximum atomic E-state index is 12.8. The molecule has 0 spiro atoms. The molecule has 1 atom stereocenters. The van der Waals surface area contributed by atoms with E-state index in [1.165, 1.54) is 6.08 Å². The number of carbonyl (C=O) groups excluding carboxylic acids is 1. The Bertz CT molecular complexity index is 863. The Morgan fingerprint density at radius 3 is 2.24 bits per heavy atom. The molecule has 1 aromatic carbocycles. The molecule has 0 aliphatic heterocycles. The fraction of sp³-hybridized carbons (Fsp3) is 0.368. The number of carbonyl (C=O) groups is 1. The summed E-state index contributed by atoms with van der Waals surface area (Å²) in [6.07, 6.45) is 1.48. The van der Waals surface area contributed by atoms with E-state index in [9.17, 15) is 9.90 Å². The molecule has 0 fully saturated rings. The van der Waals surface area contributed by atoms with Crippen LogP contribution in [0.15, 0.2) is 34.4 Å². The standard InChI is InChI=1S/C19H19Cl2NO3/c1-9(2)11-8-14(23)16-17(15-12(20)6-5-7-13(15)21)22-25-18(16)19(11,24)10(3)4/h5-10,24H,1-4H3. The second-order valence-electron chi connectivity index (χ2n) is 6.87. The molecule has 6 heteroatoms. The molecule has 0 saturated heterocycles. The van der Waals surface area contributed by atoms with Crippen molar-refractivity contribution in [3.63, 3.8) is 0 Å². The smallest absolute Gasteiger partial charge is 0.191 e. The van der Waals surface area contributed by atoms with Crippen LogP contribution in [0.1, 0.15) is 43.8 Å². The maximum Gasteiger partial charge on any atom is 0.191 e. The van der Waals surface area contributed by atoms with Crippen LogP contribution in [0.25, 0.3) is 11.3 Å². The summed E-state index contributed by atoms with van der Waals surface area (Å²) in [7, 11) is 0. The first-order valence-electron chi connectivity index (χ1n) is 8.12. The molecule has 4 nitrogen and oxygen atoms in total. The van der Waals surface area contributed by atoms with Gasteiger partial charge in [0.05, 0.1) is 15.6 Å². The molecule has 1 heterocycles. The zero-order valence-electron chi connectivity index (χ0n) is 14.4. The number of halogens is 2. The first kappa shape index (κ1) is 18.2. The molecule has 1 aliphatic rings. The van der Waals surface area contributed by atoms with Crippen molar-refractivity contribution in [1.29, 1.82) is 0 Å². The number of rotatable bonds is 3. The lowest BCUT2D eigenvalue weighted by Crippen LogP contribution is -2.40. The van der Waals surface area contributed by atoms with Gasteiger partial charge in [0.2, 0.25) is 0 Å². The van der Waals surface area contributed by atoms with E-state index in [0.717, 1.165) is 0 Å². The summed E-state index contributed by atoms with van der Waals surface area (Å²) in [5.74, 6) is -0.349. The van der Waals surface area contributed by atoms with Gasteiger partial charge in [-0.15, -0.1) is 0 Å². The van der Waals surface area contributed by atoms with Crippen LogP contribution >= 0.6 is 23.2 Å². The summed E-state index contributed by atoms with van der Waals surface area (Å²) in [5, 5.41) is 16.2. The first-order valence-corrected chi connectivity index (χ1v) is 8.88. The van der Waals surface area contributed by atoms with Crippen LogP contribution in [0.5, 0.6) is 0 Å². The van der Waals surface area contributed by atoms with Gasteiger partial charge in [-0.05, 0) is 35.6 Å². The van der Waals surface area contributed by atoms with Crippen molar-refractivity contribution in [1.82, 2.24) is 5.16 Å². The number of fused-ring (bicyclic) bond motifs is 1. The lowest BCUT2D eigenvalue weighted by atomic mass is 9.71. The molecule has 3 rings (SSSR count). The van der Waals surface area contributed by atoms with Gasteiger partial charge in [0, 0.05) is 5.56 Å². The minimum atomic E-state index is -1.41. The van der Waals surface area contributed by atoms with Crippen LogP contribution in [0.4, 0.5) is 0 Å². The Hall–Kier alpha value is -1.62. The zero-order valence-corrected chi connectivity index (χ0v) is 15.9. The SMILES string of the molecule is CC(C)C1=CC(=O)c2c(-c3c(Cl)cccc3Cl)noc2C1(O)C(C)C. The van der Waals surface area contributed by atoms with Gasteiger partial charge in [0.15, 0.2) is 11.5 Å². The third-order valence-electron chi connectivity index (χ3n) is 4.67. The van der Waals surface area contributed by atoms with E-state index in [-0.39, 0.29) is 34.6 Å². The van der Waals surface area contributed by atoms with Gasteiger partial charge in [0.1, 0.15) is 11.3 Å². The molecule has 132 valence electrons. The number of nitrogens with zero attached hydrogens (tertiary/aromatic N) is 1. The van der Waals surface area contributed by atoms with Crippen molar-refractivity contribution in [3.8, 4) is 11.3 Å². The van der Waals surface area contributed by atoms with E-state index in [2.05, 4.69) is 5.16 Å². The number of benzene rings is 1. The lowest BCUT2D eigenvalue weighted by molar-refractivity contribution is -0.00797. The topological polar surface area (TPSA) is 63.3 Å². The molecule has 1 aromatic heterocycles. The molecule has 0 radical (unpaired) electrons. The summed E-state index contributed by atoms with van der Waals surface area (Å²) in [5.41, 5.74) is 0.116. The molecular weight excluding hydrogens is 361 g/mol. The molecule has 1 aliphatic carbocycles. The predicted octanol–water partition coefficient (Wildman–Crippen LogP) is 5.27. The van der Waals surface area contributed by atoms with E-state index in [1.54, 1.807) is 18.2 Å². The summed E-state index contributed by atoms with van der Waals surface area (Å²) in [6, 6.07) is 5.05. The fourth-order valence-electron chi connectivity index (χ4n) is 3.33. The van der Waals surface area contributed by atoms with Crippen LogP contribution in [0.2, 0.25) is 10.0 Å². The van der Waals surface area contributed by atoms with E-state index in [1.807, 2.05) is 27.7 Å². The van der Waals surface area contributed by atoms with E-state index in [4.69, 9.17) is 27.7 Å². The van der Waals surface area contributed by atoms with Crippen LogP contribution in [-0.2, 0) is 5.60 Å². The maximum absolute atomic E-state index is 12.8. The zero-order chi connectivity index (χ0) is 18.5. The average molecular weight is 380 g/mol. The summed E-state index contributed by atoms with van der Waals surface area (Å²) >= 11 is 12.5. The summed E-state index contributed by atoms with van der Waals surface area (Å²) in [4.78, 5) is 12.8. The molecule has 0 saturated carbocycles. The number of hydrogen-bond acceptors (Lipinski definition) is 4. The van der Waals surface area contributed by atoms with Gasteiger partial charge in [-0.25, -0.2) is 0 Å². The molecule has 0 bridgehead atoms. The molecule has 2 aromatic rings. The van der Waals surface area contributed by atoms with Gasteiger partial charge >= 0.3 is 0 Å². The number of aromatic nitrogens is 1. The van der Waals surface area contributed by atoms with Crippen molar-refractivity contribution in [3.05, 3.63) is 51.2 Å². The van der Waals surface area contributed by atoms with Gasteiger partial charge in [-0.2, -0.15) is 0 Å². The molecular formula is C19H19Cl2NO3. The minimum absolute atomic E-state index is 0.0260. The molecule has 1 N–H and O–H groups in total. The predicted molar refractivity (Wildman–Crippen MR) is 97.9 cm³/mol. The highest BCUT2D eigenvalue weighted by atomic mass is 35.5. The second kappa shape index (κ2) is 6.27. The minimum Gasteiger partial charge on any atom is -0.377 e. The third kappa shape index (κ3) is 2.64. The summed E-state index contributed by atoms with van der Waals surface area (Å²) in [6.45, 7) is 7.61. The number of allylic oxidation sites excluding steroid dienone is 1. The van der Waals surface area contributed by atoms with Crippen molar-refractivity contribution >= 4 is 29.0 Å². The van der Waals surface area contributed by atoms with E-state index in [0.29, 0.717) is 21.2 Å². The van der Waals surface area contributed by atoms with Crippen LogP contribution in [-0.4, -0.2) is 16.0 Å². The van der Waals surface area contributed by atoms with Crippen molar-refractivity contribution < 1.29 is 14.4 Å². The Balaban J connectivity index is 2.31. The van der Waals surface area contributed by atoms with Crippen molar-refractivity contribution in [2.45, 2.75) is 33.3 Å². The average Bonchev–Trinajstić information content (AvgIpc) is 2.96. The largest absolute Gasteiger partial charge is 0.377 e. The van der Waals surface area contributed by atoms with Crippen molar-refractivity contribution in [2.24, 2.45) is 11.8 Å². The van der Waals surface area contributed by atoms with Crippen LogP contribution in [0.3, 0.4) is 0 Å². The van der Waals surface area contributed by atoms with Gasteiger partial charge in [-0.1, -0.05) is 62.1 Å². The van der Waals surface area contributed by atoms with Gasteiger partial charge < -0.3 is 9.63 Å². The fourth-order valence-corrected chi connectivity index (χ4v) is 3.91. The Labute approximate surface area is 156 Å². The first-order chi connectivity index (χ1) is 11.7. The Morgan fingerprint density at radius 1 is 1.12 bits per heavy atom. The molecule has 25 heavy (non-hydrogen) atoms. The van der Waals surface area contributed by atoms with E-state index >= 15 is 0 Å². The highest BCUT2D eigenvalue weighted by Gasteiger charge is 2.49. The van der Waals surface area contributed by atoms with Crippen LogP contribution in [0, 0.1) is 11.8 Å².